The van der Waals surface area contributed by atoms with Crippen LogP contribution in [0.15, 0.2) is 4.52 Å². The number of fused-ring (bicyclic) bond motifs is 1. The Morgan fingerprint density at radius 2 is 2.05 bits per heavy atom. The molecule has 1 aromatic heterocycles. The van der Waals surface area contributed by atoms with Crippen LogP contribution in [0.1, 0.15) is 61.3 Å². The minimum atomic E-state index is -0.203. The zero-order chi connectivity index (χ0) is 15.7. The maximum atomic E-state index is 12.2. The molecule has 6 nitrogen and oxygen atoms in total. The molecule has 2 amide bonds. The number of hydrogen-bond acceptors (Lipinski definition) is 4. The van der Waals surface area contributed by atoms with Crippen LogP contribution in [0.5, 0.6) is 0 Å². The van der Waals surface area contributed by atoms with E-state index in [0.29, 0.717) is 18.5 Å². The normalized spacial score (nSPS) is 21.1. The number of carbonyl (C=O) groups excluding carboxylic acids is 2. The summed E-state index contributed by atoms with van der Waals surface area (Å²) in [5, 5.41) is 9.88. The summed E-state index contributed by atoms with van der Waals surface area (Å²) >= 11 is 0. The van der Waals surface area contributed by atoms with Crippen molar-refractivity contribution in [3.05, 3.63) is 17.0 Å². The van der Waals surface area contributed by atoms with Crippen LogP contribution in [0.2, 0.25) is 0 Å². The Balaban J connectivity index is 1.67. The van der Waals surface area contributed by atoms with Gasteiger partial charge in [0, 0.05) is 30.0 Å². The van der Waals surface area contributed by atoms with Crippen LogP contribution in [-0.2, 0) is 17.6 Å². The standard InChI is InChI=1S/C16H23N3O3/c1-9(2)17-16(21)14-12-8-11(6-7-13(12)22-19-14)18-15(20)10-4-3-5-10/h9-11H,3-8H2,1-2H3,(H,17,21)(H,18,20). The highest BCUT2D eigenvalue weighted by molar-refractivity contribution is 5.94. The minimum absolute atomic E-state index is 0.0533. The maximum Gasteiger partial charge on any atom is 0.273 e. The van der Waals surface area contributed by atoms with E-state index in [-0.39, 0.29) is 29.8 Å². The molecule has 2 N–H and O–H groups in total. The molecule has 0 spiro atoms. The molecule has 0 radical (unpaired) electrons. The Hall–Kier alpha value is -1.85. The van der Waals surface area contributed by atoms with E-state index in [1.807, 2.05) is 13.8 Å². The summed E-state index contributed by atoms with van der Waals surface area (Å²) in [6, 6.07) is 0.128. The van der Waals surface area contributed by atoms with Crippen LogP contribution in [0, 0.1) is 5.92 Å². The first-order valence-corrected chi connectivity index (χ1v) is 8.13. The van der Waals surface area contributed by atoms with E-state index in [9.17, 15) is 9.59 Å². The average Bonchev–Trinajstić information content (AvgIpc) is 2.78. The molecule has 0 aromatic carbocycles. The second-order valence-corrected chi connectivity index (χ2v) is 6.64. The van der Waals surface area contributed by atoms with Gasteiger partial charge in [-0.05, 0) is 39.5 Å². The van der Waals surface area contributed by atoms with Crippen molar-refractivity contribution in [3.8, 4) is 0 Å². The van der Waals surface area contributed by atoms with Crippen molar-refractivity contribution in [3.63, 3.8) is 0 Å². The lowest BCUT2D eigenvalue weighted by atomic mass is 9.84. The first kappa shape index (κ1) is 15.1. The summed E-state index contributed by atoms with van der Waals surface area (Å²) in [6.07, 6.45) is 5.33. The number of nitrogens with zero attached hydrogens (tertiary/aromatic N) is 1. The van der Waals surface area contributed by atoms with Crippen LogP contribution >= 0.6 is 0 Å². The Labute approximate surface area is 130 Å². The largest absolute Gasteiger partial charge is 0.360 e. The molecule has 2 aliphatic rings. The zero-order valence-electron chi connectivity index (χ0n) is 13.1. The number of nitrogens with one attached hydrogen (secondary N) is 2. The molecule has 1 saturated carbocycles. The van der Waals surface area contributed by atoms with Gasteiger partial charge in [0.15, 0.2) is 5.69 Å². The van der Waals surface area contributed by atoms with Crippen LogP contribution in [0.25, 0.3) is 0 Å². The summed E-state index contributed by atoms with van der Waals surface area (Å²) in [5.74, 6) is 0.922. The van der Waals surface area contributed by atoms with Gasteiger partial charge in [-0.3, -0.25) is 9.59 Å². The van der Waals surface area contributed by atoms with E-state index >= 15 is 0 Å². The van der Waals surface area contributed by atoms with Crippen molar-refractivity contribution in [2.24, 2.45) is 5.92 Å². The van der Waals surface area contributed by atoms with Crippen molar-refractivity contribution in [2.45, 2.75) is 64.5 Å². The molecule has 0 aliphatic heterocycles. The summed E-state index contributed by atoms with van der Waals surface area (Å²) in [4.78, 5) is 24.2. The molecule has 0 saturated heterocycles. The van der Waals surface area contributed by atoms with E-state index in [1.54, 1.807) is 0 Å². The number of hydrogen-bond donors (Lipinski definition) is 2. The third-order valence-electron chi connectivity index (χ3n) is 4.50. The first-order valence-electron chi connectivity index (χ1n) is 8.13. The van der Waals surface area contributed by atoms with Gasteiger partial charge in [-0.25, -0.2) is 0 Å². The van der Waals surface area contributed by atoms with Gasteiger partial charge < -0.3 is 15.2 Å². The lowest BCUT2D eigenvalue weighted by molar-refractivity contribution is -0.128. The number of rotatable bonds is 4. The number of amides is 2. The van der Waals surface area contributed by atoms with Crippen molar-refractivity contribution >= 4 is 11.8 Å². The van der Waals surface area contributed by atoms with Crippen LogP contribution < -0.4 is 10.6 Å². The van der Waals surface area contributed by atoms with Gasteiger partial charge in [-0.15, -0.1) is 0 Å². The highest BCUT2D eigenvalue weighted by atomic mass is 16.5. The lowest BCUT2D eigenvalue weighted by Crippen LogP contribution is -2.43. The molecular formula is C16H23N3O3. The van der Waals surface area contributed by atoms with Crippen molar-refractivity contribution in [1.29, 1.82) is 0 Å². The summed E-state index contributed by atoms with van der Waals surface area (Å²) in [5.41, 5.74) is 1.22. The Morgan fingerprint density at radius 3 is 2.68 bits per heavy atom. The van der Waals surface area contributed by atoms with Crippen LogP contribution in [0.3, 0.4) is 0 Å². The van der Waals surface area contributed by atoms with Gasteiger partial charge in [0.2, 0.25) is 5.91 Å². The number of aryl methyl sites for hydroxylation is 1. The van der Waals surface area contributed by atoms with E-state index in [2.05, 4.69) is 15.8 Å². The van der Waals surface area contributed by atoms with Gasteiger partial charge in [0.1, 0.15) is 5.76 Å². The second-order valence-electron chi connectivity index (χ2n) is 6.64. The van der Waals surface area contributed by atoms with E-state index in [1.165, 1.54) is 0 Å². The van der Waals surface area contributed by atoms with E-state index in [4.69, 9.17) is 4.52 Å². The predicted molar refractivity (Wildman–Crippen MR) is 80.4 cm³/mol. The molecule has 3 rings (SSSR count). The Morgan fingerprint density at radius 1 is 1.27 bits per heavy atom. The fourth-order valence-corrected chi connectivity index (χ4v) is 3.03. The monoisotopic (exact) mass is 305 g/mol. The number of aromatic nitrogens is 1. The van der Waals surface area contributed by atoms with Gasteiger partial charge in [-0.1, -0.05) is 11.6 Å². The molecular weight excluding hydrogens is 282 g/mol. The molecule has 22 heavy (non-hydrogen) atoms. The second kappa shape index (κ2) is 6.10. The molecule has 1 atom stereocenters. The molecule has 2 aliphatic carbocycles. The predicted octanol–water partition coefficient (Wildman–Crippen LogP) is 1.59. The highest BCUT2D eigenvalue weighted by Gasteiger charge is 2.32. The van der Waals surface area contributed by atoms with Gasteiger partial charge >= 0.3 is 0 Å². The summed E-state index contributed by atoms with van der Waals surface area (Å²) < 4.78 is 5.30. The topological polar surface area (TPSA) is 84.2 Å². The van der Waals surface area contributed by atoms with Gasteiger partial charge in [0.25, 0.3) is 5.91 Å². The average molecular weight is 305 g/mol. The molecule has 6 heteroatoms. The minimum Gasteiger partial charge on any atom is -0.360 e. The van der Waals surface area contributed by atoms with Gasteiger partial charge in [0.05, 0.1) is 0 Å². The highest BCUT2D eigenvalue weighted by Crippen LogP contribution is 2.28. The van der Waals surface area contributed by atoms with Crippen molar-refractivity contribution < 1.29 is 14.1 Å². The lowest BCUT2D eigenvalue weighted by Gasteiger charge is -2.28. The quantitative estimate of drug-likeness (QED) is 0.884. The molecule has 0 bridgehead atoms. The third kappa shape index (κ3) is 3.00. The first-order chi connectivity index (χ1) is 10.5. The van der Waals surface area contributed by atoms with Crippen LogP contribution in [0.4, 0.5) is 0 Å². The molecule has 1 aromatic rings. The molecule has 1 heterocycles. The maximum absolute atomic E-state index is 12.2. The SMILES string of the molecule is CC(C)NC(=O)c1noc2c1CC(NC(=O)C1CCC1)CC2. The summed E-state index contributed by atoms with van der Waals surface area (Å²) in [6.45, 7) is 3.82. The molecule has 1 fully saturated rings. The zero-order valence-corrected chi connectivity index (χ0v) is 13.1. The third-order valence-corrected chi connectivity index (χ3v) is 4.50. The molecule has 120 valence electrons. The smallest absolute Gasteiger partial charge is 0.273 e. The van der Waals surface area contributed by atoms with Crippen molar-refractivity contribution in [1.82, 2.24) is 15.8 Å². The molecule has 1 unspecified atom stereocenters. The summed E-state index contributed by atoms with van der Waals surface area (Å²) in [7, 11) is 0. The fraction of sp³-hybridized carbons (Fsp3) is 0.688. The van der Waals surface area contributed by atoms with E-state index in [0.717, 1.165) is 37.0 Å². The Kier molecular flexibility index (Phi) is 4.18. The van der Waals surface area contributed by atoms with Crippen molar-refractivity contribution in [2.75, 3.05) is 0 Å². The Bertz CT molecular complexity index is 575. The number of carbonyl (C=O) groups is 2. The van der Waals surface area contributed by atoms with Gasteiger partial charge in [-0.2, -0.15) is 0 Å². The van der Waals surface area contributed by atoms with E-state index < -0.39 is 0 Å². The van der Waals surface area contributed by atoms with Crippen LogP contribution in [-0.4, -0.2) is 29.1 Å². The fourth-order valence-electron chi connectivity index (χ4n) is 3.03.